The van der Waals surface area contributed by atoms with Gasteiger partial charge in [-0.25, -0.2) is 0 Å². The summed E-state index contributed by atoms with van der Waals surface area (Å²) in [5, 5.41) is 9.84. The largest absolute Gasteiger partial charge is 0.395 e. The van der Waals surface area contributed by atoms with Gasteiger partial charge in [0.25, 0.3) is 11.8 Å². The molecule has 1 saturated heterocycles. The van der Waals surface area contributed by atoms with E-state index in [1.165, 1.54) is 4.90 Å². The average molecular weight is 454 g/mol. The molecule has 0 unspecified atom stereocenters. The molecule has 6 nitrogen and oxygen atoms in total. The Bertz CT molecular complexity index is 1060. The number of halogens is 1. The Morgan fingerprint density at radius 2 is 1.59 bits per heavy atom. The van der Waals surface area contributed by atoms with E-state index in [0.717, 1.165) is 35.3 Å². The Morgan fingerprint density at radius 1 is 0.906 bits per heavy atom. The summed E-state index contributed by atoms with van der Waals surface area (Å²) in [6, 6.07) is 13.1. The molecule has 32 heavy (non-hydrogen) atoms. The third-order valence-corrected chi connectivity index (χ3v) is 6.55. The van der Waals surface area contributed by atoms with Crippen LogP contribution < -0.4 is 0 Å². The first-order chi connectivity index (χ1) is 15.4. The van der Waals surface area contributed by atoms with Crippen molar-refractivity contribution >= 4 is 29.0 Å². The van der Waals surface area contributed by atoms with Crippen LogP contribution in [0.2, 0.25) is 5.02 Å². The summed E-state index contributed by atoms with van der Waals surface area (Å²) in [4.78, 5) is 32.6. The molecular weight excluding hydrogens is 426 g/mol. The number of benzene rings is 2. The maximum absolute atomic E-state index is 13.6. The van der Waals surface area contributed by atoms with Crippen LogP contribution in [0, 0.1) is 13.8 Å². The van der Waals surface area contributed by atoms with E-state index in [0.29, 0.717) is 35.9 Å². The predicted octanol–water partition coefficient (Wildman–Crippen LogP) is 2.85. The number of nitrogens with zero attached hydrogens (tertiary/aromatic N) is 3. The lowest BCUT2D eigenvalue weighted by Crippen LogP contribution is -2.48. The molecule has 0 bridgehead atoms. The average Bonchev–Trinajstić information content (AvgIpc) is 3.03. The number of aryl methyl sites for hydroxylation is 2. The molecule has 0 spiro atoms. The molecule has 2 aliphatic rings. The van der Waals surface area contributed by atoms with Crippen LogP contribution in [-0.2, 0) is 16.1 Å². The zero-order valence-corrected chi connectivity index (χ0v) is 19.2. The van der Waals surface area contributed by atoms with Gasteiger partial charge in [-0.15, -0.1) is 0 Å². The molecule has 2 amide bonds. The van der Waals surface area contributed by atoms with Gasteiger partial charge in [-0.2, -0.15) is 0 Å². The number of imide groups is 1. The smallest absolute Gasteiger partial charge is 0.278 e. The highest BCUT2D eigenvalue weighted by Gasteiger charge is 2.42. The van der Waals surface area contributed by atoms with Gasteiger partial charge in [0.05, 0.1) is 18.7 Å². The molecule has 0 aromatic heterocycles. The first-order valence-electron chi connectivity index (χ1n) is 10.9. The second-order valence-corrected chi connectivity index (χ2v) is 8.83. The fourth-order valence-corrected chi connectivity index (χ4v) is 4.39. The van der Waals surface area contributed by atoms with Crippen molar-refractivity contribution in [3.05, 3.63) is 75.4 Å². The lowest BCUT2D eigenvalue weighted by atomic mass is 9.99. The van der Waals surface area contributed by atoms with E-state index in [9.17, 15) is 14.7 Å². The number of piperazine rings is 1. The molecule has 2 aliphatic heterocycles. The van der Waals surface area contributed by atoms with Crippen molar-refractivity contribution in [1.82, 2.24) is 14.7 Å². The fraction of sp³-hybridized carbons (Fsp3) is 0.360. The number of amides is 2. The number of hydrogen-bond acceptors (Lipinski definition) is 5. The standard InChI is InChI=1S/C25H28ClN3O3/c1-17-3-6-20(15-18(17)2)22-23(28-11-9-27(10-12-28)13-14-30)25(32)29(24(22)31)16-19-4-7-21(26)8-5-19/h3-8,15,30H,9-14,16H2,1-2H3. The van der Waals surface area contributed by atoms with Gasteiger partial charge in [0.2, 0.25) is 0 Å². The van der Waals surface area contributed by atoms with Crippen LogP contribution >= 0.6 is 11.6 Å². The highest BCUT2D eigenvalue weighted by molar-refractivity contribution is 6.35. The van der Waals surface area contributed by atoms with E-state index in [1.807, 2.05) is 49.1 Å². The van der Waals surface area contributed by atoms with E-state index >= 15 is 0 Å². The third-order valence-electron chi connectivity index (χ3n) is 6.30. The lowest BCUT2D eigenvalue weighted by molar-refractivity contribution is -0.138. The van der Waals surface area contributed by atoms with Crippen molar-refractivity contribution in [1.29, 1.82) is 0 Å². The number of carbonyl (C=O) groups excluding carboxylic acids is 2. The zero-order valence-electron chi connectivity index (χ0n) is 18.5. The maximum atomic E-state index is 13.6. The minimum absolute atomic E-state index is 0.114. The molecule has 0 aliphatic carbocycles. The second kappa shape index (κ2) is 9.45. The van der Waals surface area contributed by atoms with E-state index in [-0.39, 0.29) is 25.0 Å². The predicted molar refractivity (Wildman–Crippen MR) is 125 cm³/mol. The molecule has 1 N–H and O–H groups in total. The fourth-order valence-electron chi connectivity index (χ4n) is 4.27. The number of β-amino-alcohol motifs (C(OH)–C–C–N with tert-alkyl or cyclic N) is 1. The van der Waals surface area contributed by atoms with E-state index in [4.69, 9.17) is 11.6 Å². The van der Waals surface area contributed by atoms with Gasteiger partial charge >= 0.3 is 0 Å². The van der Waals surface area contributed by atoms with Crippen LogP contribution in [0.4, 0.5) is 0 Å². The van der Waals surface area contributed by atoms with Crippen molar-refractivity contribution in [3.8, 4) is 0 Å². The molecule has 0 saturated carbocycles. The minimum atomic E-state index is -0.263. The summed E-state index contributed by atoms with van der Waals surface area (Å²) >= 11 is 5.99. The van der Waals surface area contributed by atoms with Crippen LogP contribution in [0.5, 0.6) is 0 Å². The topological polar surface area (TPSA) is 64.1 Å². The Balaban J connectivity index is 1.69. The zero-order chi connectivity index (χ0) is 22.8. The van der Waals surface area contributed by atoms with Crippen molar-refractivity contribution in [2.45, 2.75) is 20.4 Å². The van der Waals surface area contributed by atoms with Crippen LogP contribution in [-0.4, -0.2) is 71.0 Å². The molecule has 1 fully saturated rings. The molecule has 4 rings (SSSR count). The van der Waals surface area contributed by atoms with Gasteiger partial charge in [-0.05, 0) is 48.2 Å². The van der Waals surface area contributed by atoms with Crippen molar-refractivity contribution < 1.29 is 14.7 Å². The molecular formula is C25H28ClN3O3. The summed E-state index contributed by atoms with van der Waals surface area (Å²) in [6.45, 7) is 7.73. The molecule has 2 aromatic rings. The Morgan fingerprint density at radius 3 is 2.22 bits per heavy atom. The summed E-state index contributed by atoms with van der Waals surface area (Å²) < 4.78 is 0. The highest BCUT2D eigenvalue weighted by atomic mass is 35.5. The molecule has 0 radical (unpaired) electrons. The summed E-state index contributed by atoms with van der Waals surface area (Å²) in [6.07, 6.45) is 0. The normalized spacial score (nSPS) is 17.6. The number of aliphatic hydroxyl groups is 1. The summed E-state index contributed by atoms with van der Waals surface area (Å²) in [7, 11) is 0. The first kappa shape index (κ1) is 22.5. The highest BCUT2D eigenvalue weighted by Crippen LogP contribution is 2.34. The Labute approximate surface area is 193 Å². The molecule has 2 heterocycles. The van der Waals surface area contributed by atoms with Crippen LogP contribution in [0.3, 0.4) is 0 Å². The SMILES string of the molecule is Cc1ccc(C2=C(N3CCN(CCO)CC3)C(=O)N(Cc3ccc(Cl)cc3)C2=O)cc1C. The second-order valence-electron chi connectivity index (χ2n) is 8.40. The van der Waals surface area contributed by atoms with E-state index in [2.05, 4.69) is 4.90 Å². The van der Waals surface area contributed by atoms with Crippen LogP contribution in [0.1, 0.15) is 22.3 Å². The first-order valence-corrected chi connectivity index (χ1v) is 11.3. The number of hydrogen-bond donors (Lipinski definition) is 1. The van der Waals surface area contributed by atoms with Crippen molar-refractivity contribution in [2.24, 2.45) is 0 Å². The van der Waals surface area contributed by atoms with Crippen molar-refractivity contribution in [3.63, 3.8) is 0 Å². The van der Waals surface area contributed by atoms with Gasteiger partial charge in [-0.3, -0.25) is 19.4 Å². The summed E-state index contributed by atoms with van der Waals surface area (Å²) in [5.41, 5.74) is 4.81. The Kier molecular flexibility index (Phi) is 6.65. The number of rotatable bonds is 6. The molecule has 0 atom stereocenters. The number of carbonyl (C=O) groups is 2. The van der Waals surface area contributed by atoms with Gasteiger partial charge in [0, 0.05) is 37.7 Å². The Hall–Kier alpha value is -2.67. The van der Waals surface area contributed by atoms with Gasteiger partial charge in [0.15, 0.2) is 0 Å². The van der Waals surface area contributed by atoms with Gasteiger partial charge < -0.3 is 10.0 Å². The van der Waals surface area contributed by atoms with E-state index in [1.54, 1.807) is 12.1 Å². The monoisotopic (exact) mass is 453 g/mol. The van der Waals surface area contributed by atoms with Gasteiger partial charge in [0.1, 0.15) is 5.70 Å². The van der Waals surface area contributed by atoms with Crippen LogP contribution in [0.25, 0.3) is 5.57 Å². The van der Waals surface area contributed by atoms with Crippen molar-refractivity contribution in [2.75, 3.05) is 39.3 Å². The number of aliphatic hydroxyl groups excluding tert-OH is 1. The van der Waals surface area contributed by atoms with E-state index < -0.39 is 0 Å². The van der Waals surface area contributed by atoms with Gasteiger partial charge in [-0.1, -0.05) is 41.9 Å². The molecule has 7 heteroatoms. The van der Waals surface area contributed by atoms with Crippen LogP contribution in [0.15, 0.2) is 48.2 Å². The lowest BCUT2D eigenvalue weighted by Gasteiger charge is -2.36. The minimum Gasteiger partial charge on any atom is -0.395 e. The molecule has 168 valence electrons. The quantitative estimate of drug-likeness (QED) is 0.681. The maximum Gasteiger partial charge on any atom is 0.278 e. The molecule has 2 aromatic carbocycles. The summed E-state index contributed by atoms with van der Waals surface area (Å²) in [5.74, 6) is -0.519. The third kappa shape index (κ3) is 4.44.